The Bertz CT molecular complexity index is 1060. The molecule has 0 radical (unpaired) electrons. The zero-order chi connectivity index (χ0) is 21.7. The van der Waals surface area contributed by atoms with Crippen molar-refractivity contribution in [3.8, 4) is 0 Å². The van der Waals surface area contributed by atoms with Crippen LogP contribution in [0.5, 0.6) is 0 Å². The summed E-state index contributed by atoms with van der Waals surface area (Å²) in [6.07, 6.45) is 3.16. The summed E-state index contributed by atoms with van der Waals surface area (Å²) in [7, 11) is 0. The van der Waals surface area contributed by atoms with E-state index in [2.05, 4.69) is 35.6 Å². The fraction of sp³-hybridized carbons (Fsp3) is 0.333. The number of hydrogen-bond acceptors (Lipinski definition) is 2. The summed E-state index contributed by atoms with van der Waals surface area (Å²) in [5.41, 5.74) is 1.99. The van der Waals surface area contributed by atoms with Crippen molar-refractivity contribution < 1.29 is 9.59 Å². The summed E-state index contributed by atoms with van der Waals surface area (Å²) in [5.74, 6) is 0.232. The molecule has 160 valence electrons. The van der Waals surface area contributed by atoms with E-state index in [4.69, 9.17) is 0 Å². The molecule has 0 aromatic heterocycles. The van der Waals surface area contributed by atoms with Gasteiger partial charge in [-0.1, -0.05) is 72.8 Å². The maximum atomic E-state index is 13.0. The standard InChI is InChI=1S/C27H30N2O2/c1-2-29(20-21-8-4-3-5-9-21)26(31)15-17-27(16-14-25(30)28-27)19-22-12-13-23-10-6-7-11-24(23)18-22/h3-13,18H,2,14-17,19-20H2,1H3,(H,28,30)/t27-/m1/s1. The highest BCUT2D eigenvalue weighted by Gasteiger charge is 2.38. The summed E-state index contributed by atoms with van der Waals surface area (Å²) in [6, 6.07) is 24.9. The molecule has 3 aromatic carbocycles. The van der Waals surface area contributed by atoms with E-state index in [9.17, 15) is 9.59 Å². The van der Waals surface area contributed by atoms with E-state index in [0.29, 0.717) is 32.4 Å². The Morgan fingerprint density at radius 1 is 0.968 bits per heavy atom. The van der Waals surface area contributed by atoms with Crippen LogP contribution >= 0.6 is 0 Å². The highest BCUT2D eigenvalue weighted by molar-refractivity contribution is 5.83. The van der Waals surface area contributed by atoms with Gasteiger partial charge in [-0.25, -0.2) is 0 Å². The molecule has 1 aliphatic heterocycles. The third-order valence-corrected chi connectivity index (χ3v) is 6.36. The van der Waals surface area contributed by atoms with E-state index in [1.807, 2.05) is 54.3 Å². The van der Waals surface area contributed by atoms with E-state index in [-0.39, 0.29) is 17.4 Å². The largest absolute Gasteiger partial charge is 0.350 e. The van der Waals surface area contributed by atoms with Crippen LogP contribution in [-0.4, -0.2) is 28.8 Å². The number of amides is 2. The van der Waals surface area contributed by atoms with Gasteiger partial charge in [0, 0.05) is 31.5 Å². The number of rotatable bonds is 8. The molecule has 4 nitrogen and oxygen atoms in total. The Labute approximate surface area is 184 Å². The summed E-state index contributed by atoms with van der Waals surface area (Å²) in [5, 5.41) is 5.63. The lowest BCUT2D eigenvalue weighted by molar-refractivity contribution is -0.132. The summed E-state index contributed by atoms with van der Waals surface area (Å²) in [4.78, 5) is 27.0. The van der Waals surface area contributed by atoms with Gasteiger partial charge in [-0.2, -0.15) is 0 Å². The van der Waals surface area contributed by atoms with Gasteiger partial charge >= 0.3 is 0 Å². The summed E-state index contributed by atoms with van der Waals surface area (Å²) >= 11 is 0. The van der Waals surface area contributed by atoms with Crippen molar-refractivity contribution in [3.05, 3.63) is 83.9 Å². The van der Waals surface area contributed by atoms with Gasteiger partial charge in [0.15, 0.2) is 0 Å². The number of carbonyl (C=O) groups is 2. The molecular weight excluding hydrogens is 384 g/mol. The number of nitrogens with one attached hydrogen (secondary N) is 1. The van der Waals surface area contributed by atoms with Crippen LogP contribution < -0.4 is 5.32 Å². The fourth-order valence-corrected chi connectivity index (χ4v) is 4.61. The highest BCUT2D eigenvalue weighted by atomic mass is 16.2. The molecule has 1 N–H and O–H groups in total. The number of benzene rings is 3. The quantitative estimate of drug-likeness (QED) is 0.572. The lowest BCUT2D eigenvalue weighted by Crippen LogP contribution is -2.44. The van der Waals surface area contributed by atoms with E-state index >= 15 is 0 Å². The minimum Gasteiger partial charge on any atom is -0.350 e. The van der Waals surface area contributed by atoms with Gasteiger partial charge in [-0.3, -0.25) is 9.59 Å². The second kappa shape index (κ2) is 9.34. The van der Waals surface area contributed by atoms with Crippen LogP contribution in [0.15, 0.2) is 72.8 Å². The summed E-state index contributed by atoms with van der Waals surface area (Å²) in [6.45, 7) is 3.32. The Balaban J connectivity index is 1.45. The Hall–Kier alpha value is -3.14. The smallest absolute Gasteiger partial charge is 0.222 e. The first-order chi connectivity index (χ1) is 15.1. The molecule has 1 heterocycles. The van der Waals surface area contributed by atoms with Crippen LogP contribution in [0.1, 0.15) is 43.7 Å². The molecule has 31 heavy (non-hydrogen) atoms. The molecule has 1 aliphatic rings. The van der Waals surface area contributed by atoms with Gasteiger partial charge in [-0.05, 0) is 48.1 Å². The van der Waals surface area contributed by atoms with Gasteiger partial charge < -0.3 is 10.2 Å². The van der Waals surface area contributed by atoms with Crippen molar-refractivity contribution in [2.75, 3.05) is 6.54 Å². The predicted octanol–water partition coefficient (Wildman–Crippen LogP) is 4.86. The number of nitrogens with zero attached hydrogens (tertiary/aromatic N) is 1. The molecule has 1 fully saturated rings. The molecule has 0 saturated carbocycles. The second-order valence-corrected chi connectivity index (χ2v) is 8.58. The first-order valence-electron chi connectivity index (χ1n) is 11.2. The predicted molar refractivity (Wildman–Crippen MR) is 125 cm³/mol. The van der Waals surface area contributed by atoms with Gasteiger partial charge in [0.2, 0.25) is 11.8 Å². The van der Waals surface area contributed by atoms with Crippen molar-refractivity contribution in [2.45, 2.75) is 51.1 Å². The van der Waals surface area contributed by atoms with Crippen molar-refractivity contribution in [1.82, 2.24) is 10.2 Å². The molecule has 2 amide bonds. The van der Waals surface area contributed by atoms with Crippen LogP contribution in [0.25, 0.3) is 10.8 Å². The first kappa shape index (κ1) is 21.1. The first-order valence-corrected chi connectivity index (χ1v) is 11.2. The number of carbonyl (C=O) groups excluding carboxylic acids is 2. The van der Waals surface area contributed by atoms with Crippen molar-refractivity contribution in [3.63, 3.8) is 0 Å². The molecule has 0 aliphatic carbocycles. The molecule has 4 heteroatoms. The van der Waals surface area contributed by atoms with Gasteiger partial charge in [0.25, 0.3) is 0 Å². The highest BCUT2D eigenvalue weighted by Crippen LogP contribution is 2.31. The van der Waals surface area contributed by atoms with Gasteiger partial charge in [0.1, 0.15) is 0 Å². The van der Waals surface area contributed by atoms with Crippen LogP contribution in [-0.2, 0) is 22.6 Å². The van der Waals surface area contributed by atoms with Gasteiger partial charge in [-0.15, -0.1) is 0 Å². The van der Waals surface area contributed by atoms with E-state index in [1.54, 1.807) is 0 Å². The lowest BCUT2D eigenvalue weighted by Gasteiger charge is -2.31. The van der Waals surface area contributed by atoms with Crippen molar-refractivity contribution >= 4 is 22.6 Å². The van der Waals surface area contributed by atoms with Crippen LogP contribution in [0.2, 0.25) is 0 Å². The number of fused-ring (bicyclic) bond motifs is 1. The van der Waals surface area contributed by atoms with Crippen LogP contribution in [0, 0.1) is 0 Å². The molecule has 1 atom stereocenters. The van der Waals surface area contributed by atoms with E-state index < -0.39 is 0 Å². The third kappa shape index (κ3) is 5.13. The molecule has 0 bridgehead atoms. The second-order valence-electron chi connectivity index (χ2n) is 8.58. The lowest BCUT2D eigenvalue weighted by atomic mass is 9.84. The third-order valence-electron chi connectivity index (χ3n) is 6.36. The Morgan fingerprint density at radius 3 is 2.42 bits per heavy atom. The molecule has 0 spiro atoms. The maximum absolute atomic E-state index is 13.0. The zero-order valence-electron chi connectivity index (χ0n) is 18.1. The van der Waals surface area contributed by atoms with Gasteiger partial charge in [0.05, 0.1) is 0 Å². The fourth-order valence-electron chi connectivity index (χ4n) is 4.61. The van der Waals surface area contributed by atoms with E-state index in [1.165, 1.54) is 16.3 Å². The number of hydrogen-bond donors (Lipinski definition) is 1. The SMILES string of the molecule is CCN(Cc1ccccc1)C(=O)CC[C@@]1(Cc2ccc3ccccc3c2)CCC(=O)N1. The van der Waals surface area contributed by atoms with Crippen molar-refractivity contribution in [1.29, 1.82) is 0 Å². The average Bonchev–Trinajstić information content (AvgIpc) is 3.17. The average molecular weight is 415 g/mol. The topological polar surface area (TPSA) is 49.4 Å². The monoisotopic (exact) mass is 414 g/mol. The molecule has 1 saturated heterocycles. The van der Waals surface area contributed by atoms with Crippen LogP contribution in [0.4, 0.5) is 0 Å². The molecule has 0 unspecified atom stereocenters. The van der Waals surface area contributed by atoms with E-state index in [0.717, 1.165) is 18.4 Å². The Kier molecular flexibility index (Phi) is 6.36. The normalized spacial score (nSPS) is 18.2. The molecule has 3 aromatic rings. The van der Waals surface area contributed by atoms with Crippen molar-refractivity contribution in [2.24, 2.45) is 0 Å². The minimum absolute atomic E-state index is 0.0878. The molecule has 4 rings (SSSR count). The maximum Gasteiger partial charge on any atom is 0.222 e. The zero-order valence-corrected chi connectivity index (χ0v) is 18.1. The Morgan fingerprint density at radius 2 is 1.71 bits per heavy atom. The molecular formula is C27H30N2O2. The summed E-state index contributed by atoms with van der Waals surface area (Å²) < 4.78 is 0. The van der Waals surface area contributed by atoms with Crippen LogP contribution in [0.3, 0.4) is 0 Å². The minimum atomic E-state index is -0.346.